The van der Waals surface area contributed by atoms with Gasteiger partial charge in [0.15, 0.2) is 0 Å². The van der Waals surface area contributed by atoms with Crippen LogP contribution >= 0.6 is 0 Å². The molecule has 1 heteroatoms. The zero-order chi connectivity index (χ0) is 8.53. The Labute approximate surface area is 70.9 Å². The smallest absolute Gasteiger partial charge is 0.00142 e. The molecular weight excluding hydrogens is 134 g/mol. The van der Waals surface area contributed by atoms with Gasteiger partial charge in [0.25, 0.3) is 0 Å². The van der Waals surface area contributed by atoms with Crippen molar-refractivity contribution in [1.29, 1.82) is 0 Å². The molecule has 0 aromatic carbocycles. The summed E-state index contributed by atoms with van der Waals surface area (Å²) in [6.07, 6.45) is 5.92. The summed E-state index contributed by atoms with van der Waals surface area (Å²) in [4.78, 5) is 0. The lowest BCUT2D eigenvalue weighted by Gasteiger charge is -1.99. The normalized spacial score (nSPS) is 12.1. The van der Waals surface area contributed by atoms with Crippen molar-refractivity contribution in [3.05, 3.63) is 11.6 Å². The summed E-state index contributed by atoms with van der Waals surface area (Å²) in [5.41, 5.74) is 1.50. The van der Waals surface area contributed by atoms with E-state index >= 15 is 0 Å². The van der Waals surface area contributed by atoms with Gasteiger partial charge in [-0.05, 0) is 39.3 Å². The van der Waals surface area contributed by atoms with Crippen molar-refractivity contribution < 1.29 is 0 Å². The lowest BCUT2D eigenvalue weighted by Crippen LogP contribution is -2.15. The number of nitrogens with one attached hydrogen (secondary N) is 1. The third kappa shape index (κ3) is 7.60. The number of allylic oxidation sites excluding steroid dienone is 1. The minimum atomic E-state index is 1.13. The molecule has 0 aromatic heterocycles. The van der Waals surface area contributed by atoms with Crippen LogP contribution in [-0.4, -0.2) is 13.1 Å². The van der Waals surface area contributed by atoms with E-state index in [-0.39, 0.29) is 0 Å². The van der Waals surface area contributed by atoms with Gasteiger partial charge in [-0.15, -0.1) is 0 Å². The summed E-state index contributed by atoms with van der Waals surface area (Å²) in [5.74, 6) is 0. The molecule has 0 radical (unpaired) electrons. The monoisotopic (exact) mass is 155 g/mol. The molecule has 0 unspecified atom stereocenters. The molecule has 0 spiro atoms. The predicted octanol–water partition coefficient (Wildman–Crippen LogP) is 2.73. The van der Waals surface area contributed by atoms with Gasteiger partial charge in [-0.2, -0.15) is 0 Å². The van der Waals surface area contributed by atoms with E-state index in [0.29, 0.717) is 0 Å². The fourth-order valence-electron chi connectivity index (χ4n) is 0.867. The van der Waals surface area contributed by atoms with Crippen LogP contribution in [0, 0.1) is 0 Å². The Morgan fingerprint density at radius 3 is 2.55 bits per heavy atom. The minimum absolute atomic E-state index is 1.13. The maximum absolute atomic E-state index is 3.37. The number of hydrogen-bond acceptors (Lipinski definition) is 1. The van der Waals surface area contributed by atoms with Crippen molar-refractivity contribution in [3.63, 3.8) is 0 Å². The zero-order valence-corrected chi connectivity index (χ0v) is 8.11. The van der Waals surface area contributed by atoms with Crippen LogP contribution in [0.15, 0.2) is 11.6 Å². The van der Waals surface area contributed by atoms with Crippen molar-refractivity contribution in [2.24, 2.45) is 0 Å². The highest BCUT2D eigenvalue weighted by Crippen LogP contribution is 1.98. The van der Waals surface area contributed by atoms with E-state index in [0.717, 1.165) is 13.1 Å². The first-order valence-corrected chi connectivity index (χ1v) is 4.67. The largest absolute Gasteiger partial charge is 0.316 e. The van der Waals surface area contributed by atoms with Crippen LogP contribution in [0.2, 0.25) is 0 Å². The molecule has 0 saturated heterocycles. The molecule has 0 fully saturated rings. The first-order valence-electron chi connectivity index (χ1n) is 4.67. The first kappa shape index (κ1) is 10.7. The van der Waals surface area contributed by atoms with E-state index in [9.17, 15) is 0 Å². The van der Waals surface area contributed by atoms with Crippen LogP contribution in [0.4, 0.5) is 0 Å². The van der Waals surface area contributed by atoms with E-state index < -0.39 is 0 Å². The molecular formula is C10H21N. The van der Waals surface area contributed by atoms with Gasteiger partial charge < -0.3 is 5.32 Å². The molecule has 0 aliphatic heterocycles. The number of rotatable bonds is 6. The van der Waals surface area contributed by atoms with Crippen LogP contribution in [0.5, 0.6) is 0 Å². The van der Waals surface area contributed by atoms with Gasteiger partial charge in [-0.1, -0.05) is 25.5 Å². The third-order valence-electron chi connectivity index (χ3n) is 1.80. The molecule has 0 bridgehead atoms. The molecule has 0 rings (SSSR count). The maximum Gasteiger partial charge on any atom is -0.00142 e. The fraction of sp³-hybridized carbons (Fsp3) is 0.800. The Kier molecular flexibility index (Phi) is 7.59. The molecule has 1 N–H and O–H groups in total. The fourth-order valence-corrected chi connectivity index (χ4v) is 0.867. The van der Waals surface area contributed by atoms with Crippen LogP contribution in [-0.2, 0) is 0 Å². The lowest BCUT2D eigenvalue weighted by atomic mass is 10.2. The van der Waals surface area contributed by atoms with Crippen LogP contribution in [0.3, 0.4) is 0 Å². The van der Waals surface area contributed by atoms with Gasteiger partial charge in [0.2, 0.25) is 0 Å². The van der Waals surface area contributed by atoms with Gasteiger partial charge in [0.05, 0.1) is 0 Å². The first-order chi connectivity index (χ1) is 5.31. The molecule has 0 atom stereocenters. The van der Waals surface area contributed by atoms with E-state index in [1.54, 1.807) is 0 Å². The molecule has 1 nitrogen and oxygen atoms in total. The summed E-state index contributed by atoms with van der Waals surface area (Å²) in [7, 11) is 0. The predicted molar refractivity (Wildman–Crippen MR) is 51.8 cm³/mol. The molecule has 0 saturated carbocycles. The summed E-state index contributed by atoms with van der Waals surface area (Å²) < 4.78 is 0. The molecule has 0 aromatic rings. The van der Waals surface area contributed by atoms with Gasteiger partial charge in [-0.25, -0.2) is 0 Å². The second-order valence-electron chi connectivity index (χ2n) is 2.94. The van der Waals surface area contributed by atoms with Crippen LogP contribution < -0.4 is 5.32 Å². The van der Waals surface area contributed by atoms with Crippen molar-refractivity contribution in [2.75, 3.05) is 13.1 Å². The highest BCUT2D eigenvalue weighted by molar-refractivity contribution is 4.96. The Morgan fingerprint density at radius 2 is 2.00 bits per heavy atom. The van der Waals surface area contributed by atoms with Crippen LogP contribution in [0.1, 0.15) is 40.0 Å². The average Bonchev–Trinajstić information content (AvgIpc) is 2.04. The molecule has 0 heterocycles. The summed E-state index contributed by atoms with van der Waals surface area (Å²) in [5, 5.41) is 3.37. The number of hydrogen-bond donors (Lipinski definition) is 1. The second-order valence-corrected chi connectivity index (χ2v) is 2.94. The van der Waals surface area contributed by atoms with Gasteiger partial charge in [0, 0.05) is 0 Å². The minimum Gasteiger partial charge on any atom is -0.316 e. The average molecular weight is 155 g/mol. The van der Waals surface area contributed by atoms with Gasteiger partial charge >= 0.3 is 0 Å². The summed E-state index contributed by atoms with van der Waals surface area (Å²) in [6.45, 7) is 8.87. The topological polar surface area (TPSA) is 12.0 Å². The Morgan fingerprint density at radius 1 is 1.27 bits per heavy atom. The Balaban J connectivity index is 3.12. The molecule has 0 aliphatic carbocycles. The molecule has 11 heavy (non-hydrogen) atoms. The second kappa shape index (κ2) is 7.80. The van der Waals surface area contributed by atoms with E-state index in [4.69, 9.17) is 0 Å². The third-order valence-corrected chi connectivity index (χ3v) is 1.80. The van der Waals surface area contributed by atoms with Crippen molar-refractivity contribution in [3.8, 4) is 0 Å². The quantitative estimate of drug-likeness (QED) is 0.459. The zero-order valence-electron chi connectivity index (χ0n) is 8.11. The maximum atomic E-state index is 3.37. The van der Waals surface area contributed by atoms with E-state index in [2.05, 4.69) is 32.2 Å². The van der Waals surface area contributed by atoms with Gasteiger partial charge in [-0.3, -0.25) is 0 Å². The SMILES string of the molecule is CCCNCCC=C(C)CC. The highest BCUT2D eigenvalue weighted by Gasteiger charge is 1.84. The molecule has 66 valence electrons. The lowest BCUT2D eigenvalue weighted by molar-refractivity contribution is 0.676. The Hall–Kier alpha value is -0.300. The van der Waals surface area contributed by atoms with E-state index in [1.807, 2.05) is 0 Å². The molecule has 0 aliphatic rings. The summed E-state index contributed by atoms with van der Waals surface area (Å²) >= 11 is 0. The van der Waals surface area contributed by atoms with Crippen molar-refractivity contribution in [2.45, 2.75) is 40.0 Å². The highest BCUT2D eigenvalue weighted by atomic mass is 14.8. The van der Waals surface area contributed by atoms with Crippen molar-refractivity contribution in [1.82, 2.24) is 5.32 Å². The van der Waals surface area contributed by atoms with Crippen LogP contribution in [0.25, 0.3) is 0 Å². The molecule has 0 amide bonds. The van der Waals surface area contributed by atoms with E-state index in [1.165, 1.54) is 24.8 Å². The summed E-state index contributed by atoms with van der Waals surface area (Å²) in [6, 6.07) is 0. The van der Waals surface area contributed by atoms with Gasteiger partial charge in [0.1, 0.15) is 0 Å². The standard InChI is InChI=1S/C10H21N/c1-4-8-11-9-6-7-10(3)5-2/h7,11H,4-6,8-9H2,1-3H3. The van der Waals surface area contributed by atoms with Crippen molar-refractivity contribution >= 4 is 0 Å². The Bertz CT molecular complexity index is 105.